The normalized spacial score (nSPS) is 25.8. The summed E-state index contributed by atoms with van der Waals surface area (Å²) in [6, 6.07) is 0.0933. The van der Waals surface area contributed by atoms with Gasteiger partial charge in [0.15, 0.2) is 6.10 Å². The van der Waals surface area contributed by atoms with Crippen molar-refractivity contribution in [3.8, 4) is 0 Å². The van der Waals surface area contributed by atoms with E-state index in [1.54, 1.807) is 4.90 Å². The van der Waals surface area contributed by atoms with Gasteiger partial charge in [0.1, 0.15) is 0 Å². The van der Waals surface area contributed by atoms with Gasteiger partial charge in [-0.15, -0.1) is 0 Å². The molecule has 3 aliphatic heterocycles. The molecule has 3 heterocycles. The summed E-state index contributed by atoms with van der Waals surface area (Å²) in [5.74, 6) is -1.16. The average Bonchev–Trinajstić information content (AvgIpc) is 3.15. The van der Waals surface area contributed by atoms with Gasteiger partial charge in [-0.2, -0.15) is 0 Å². The monoisotopic (exact) mass is 339 g/mol. The van der Waals surface area contributed by atoms with Crippen molar-refractivity contribution in [1.29, 1.82) is 0 Å². The second kappa shape index (κ2) is 7.38. The first-order valence-electron chi connectivity index (χ1n) is 8.73. The molecule has 3 fully saturated rings. The van der Waals surface area contributed by atoms with Crippen LogP contribution in [0.3, 0.4) is 0 Å². The summed E-state index contributed by atoms with van der Waals surface area (Å²) >= 11 is 0. The topological polar surface area (TPSA) is 90.4 Å². The number of hydrogen-bond donors (Lipinski definition) is 1. The van der Waals surface area contributed by atoms with Crippen LogP contribution in [0.15, 0.2) is 0 Å². The molecule has 8 heteroatoms. The summed E-state index contributed by atoms with van der Waals surface area (Å²) in [6.45, 7) is 3.67. The largest absolute Gasteiger partial charge is 0.479 e. The van der Waals surface area contributed by atoms with E-state index in [4.69, 9.17) is 9.84 Å². The quantitative estimate of drug-likeness (QED) is 0.777. The summed E-state index contributed by atoms with van der Waals surface area (Å²) in [5.41, 5.74) is 0. The molecule has 0 saturated carbocycles. The van der Waals surface area contributed by atoms with Crippen LogP contribution in [0.5, 0.6) is 0 Å². The van der Waals surface area contributed by atoms with E-state index in [9.17, 15) is 14.4 Å². The van der Waals surface area contributed by atoms with Gasteiger partial charge in [-0.25, -0.2) is 9.59 Å². The molecule has 1 atom stereocenters. The SMILES string of the molecule is O=C(O)C1CN(C(=O)C2CCN(C(=O)N3CCCC3)CC2)CCO1. The Kier molecular flexibility index (Phi) is 5.23. The lowest BCUT2D eigenvalue weighted by atomic mass is 9.95. The third kappa shape index (κ3) is 3.63. The third-order valence-corrected chi connectivity index (χ3v) is 5.14. The predicted molar refractivity (Wildman–Crippen MR) is 84.5 cm³/mol. The number of carbonyl (C=O) groups excluding carboxylic acids is 2. The Bertz CT molecular complexity index is 498. The van der Waals surface area contributed by atoms with E-state index in [0.29, 0.717) is 32.5 Å². The minimum atomic E-state index is -1.03. The van der Waals surface area contributed by atoms with Crippen molar-refractivity contribution in [2.24, 2.45) is 5.92 Å². The van der Waals surface area contributed by atoms with Crippen LogP contribution in [0.25, 0.3) is 0 Å². The second-order valence-electron chi connectivity index (χ2n) is 6.72. The molecule has 134 valence electrons. The summed E-state index contributed by atoms with van der Waals surface area (Å²) in [4.78, 5) is 41.4. The molecule has 0 aromatic carbocycles. The number of urea groups is 1. The fraction of sp³-hybridized carbons (Fsp3) is 0.812. The lowest BCUT2D eigenvalue weighted by Gasteiger charge is -2.37. The smallest absolute Gasteiger partial charge is 0.334 e. The molecule has 3 rings (SSSR count). The van der Waals surface area contributed by atoms with Crippen LogP contribution in [0.2, 0.25) is 0 Å². The van der Waals surface area contributed by atoms with Crippen LogP contribution >= 0.6 is 0 Å². The van der Waals surface area contributed by atoms with Crippen LogP contribution in [0.1, 0.15) is 25.7 Å². The highest BCUT2D eigenvalue weighted by Gasteiger charge is 2.35. The Balaban J connectivity index is 1.49. The Hall–Kier alpha value is -1.83. The number of carbonyl (C=O) groups is 3. The molecule has 8 nitrogen and oxygen atoms in total. The molecule has 3 aliphatic rings. The Morgan fingerprint density at radius 2 is 1.50 bits per heavy atom. The number of carboxylic acids is 1. The number of rotatable bonds is 2. The third-order valence-electron chi connectivity index (χ3n) is 5.14. The van der Waals surface area contributed by atoms with E-state index in [1.165, 1.54) is 0 Å². The number of nitrogens with zero attached hydrogens (tertiary/aromatic N) is 3. The van der Waals surface area contributed by atoms with Gasteiger partial charge in [-0.3, -0.25) is 4.79 Å². The van der Waals surface area contributed by atoms with E-state index in [-0.39, 0.29) is 31.0 Å². The zero-order valence-corrected chi connectivity index (χ0v) is 13.9. The van der Waals surface area contributed by atoms with Gasteiger partial charge in [0.2, 0.25) is 5.91 Å². The molecule has 0 aromatic heterocycles. The number of morpholine rings is 1. The van der Waals surface area contributed by atoms with Gasteiger partial charge in [-0.05, 0) is 25.7 Å². The molecule has 24 heavy (non-hydrogen) atoms. The summed E-state index contributed by atoms with van der Waals surface area (Å²) in [7, 11) is 0. The highest BCUT2D eigenvalue weighted by molar-refractivity contribution is 5.81. The number of likely N-dealkylation sites (tertiary alicyclic amines) is 2. The molecular weight excluding hydrogens is 314 g/mol. The second-order valence-corrected chi connectivity index (χ2v) is 6.72. The fourth-order valence-electron chi connectivity index (χ4n) is 3.68. The molecule has 0 spiro atoms. The number of hydrogen-bond acceptors (Lipinski definition) is 4. The molecule has 1 unspecified atom stereocenters. The lowest BCUT2D eigenvalue weighted by Crippen LogP contribution is -2.52. The number of ether oxygens (including phenoxy) is 1. The van der Waals surface area contributed by atoms with Crippen molar-refractivity contribution >= 4 is 17.9 Å². The molecule has 3 amide bonds. The molecule has 0 aliphatic carbocycles. The number of amides is 3. The van der Waals surface area contributed by atoms with Crippen molar-refractivity contribution < 1.29 is 24.2 Å². The van der Waals surface area contributed by atoms with Gasteiger partial charge < -0.3 is 24.5 Å². The fourth-order valence-corrected chi connectivity index (χ4v) is 3.68. The molecule has 0 bridgehead atoms. The van der Waals surface area contributed by atoms with Gasteiger partial charge in [0, 0.05) is 38.6 Å². The summed E-state index contributed by atoms with van der Waals surface area (Å²) in [6.07, 6.45) is 2.51. The molecule has 0 radical (unpaired) electrons. The average molecular weight is 339 g/mol. The maximum Gasteiger partial charge on any atom is 0.334 e. The minimum absolute atomic E-state index is 0.00202. The predicted octanol–water partition coefficient (Wildman–Crippen LogP) is 0.226. The van der Waals surface area contributed by atoms with E-state index < -0.39 is 12.1 Å². The van der Waals surface area contributed by atoms with Crippen LogP contribution in [-0.2, 0) is 14.3 Å². The van der Waals surface area contributed by atoms with Gasteiger partial charge >= 0.3 is 12.0 Å². The highest BCUT2D eigenvalue weighted by atomic mass is 16.5. The maximum atomic E-state index is 12.6. The Morgan fingerprint density at radius 1 is 0.875 bits per heavy atom. The molecular formula is C16H25N3O5. The standard InChI is InChI=1S/C16H25N3O5/c20-14(19-9-10-24-13(11-19)15(21)22)12-3-7-18(8-4-12)16(23)17-5-1-2-6-17/h12-13H,1-11H2,(H,21,22). The highest BCUT2D eigenvalue weighted by Crippen LogP contribution is 2.23. The van der Waals surface area contributed by atoms with E-state index in [0.717, 1.165) is 25.9 Å². The van der Waals surface area contributed by atoms with Crippen LogP contribution in [0.4, 0.5) is 4.79 Å². The number of aliphatic carboxylic acids is 1. The van der Waals surface area contributed by atoms with Crippen molar-refractivity contribution in [2.75, 3.05) is 45.9 Å². The van der Waals surface area contributed by atoms with Crippen molar-refractivity contribution in [3.63, 3.8) is 0 Å². The lowest BCUT2D eigenvalue weighted by molar-refractivity contribution is -0.161. The van der Waals surface area contributed by atoms with E-state index in [2.05, 4.69) is 0 Å². The van der Waals surface area contributed by atoms with Crippen molar-refractivity contribution in [3.05, 3.63) is 0 Å². The first kappa shape index (κ1) is 17.0. The van der Waals surface area contributed by atoms with Crippen molar-refractivity contribution in [2.45, 2.75) is 31.8 Å². The first-order chi connectivity index (χ1) is 11.6. The first-order valence-corrected chi connectivity index (χ1v) is 8.73. The zero-order chi connectivity index (χ0) is 17.1. The minimum Gasteiger partial charge on any atom is -0.479 e. The Labute approximate surface area is 141 Å². The van der Waals surface area contributed by atoms with Gasteiger partial charge in [0.25, 0.3) is 0 Å². The van der Waals surface area contributed by atoms with Crippen LogP contribution in [-0.4, -0.2) is 89.7 Å². The summed E-state index contributed by atoms with van der Waals surface area (Å²) in [5, 5.41) is 9.04. The Morgan fingerprint density at radius 3 is 2.12 bits per heavy atom. The maximum absolute atomic E-state index is 12.6. The van der Waals surface area contributed by atoms with Gasteiger partial charge in [-0.1, -0.05) is 0 Å². The van der Waals surface area contributed by atoms with E-state index >= 15 is 0 Å². The molecule has 1 N–H and O–H groups in total. The number of carboxylic acid groups (broad SMARTS) is 1. The zero-order valence-electron chi connectivity index (χ0n) is 13.9. The van der Waals surface area contributed by atoms with E-state index in [1.807, 2.05) is 9.80 Å². The molecule has 0 aromatic rings. The van der Waals surface area contributed by atoms with Gasteiger partial charge in [0.05, 0.1) is 13.2 Å². The molecule has 3 saturated heterocycles. The van der Waals surface area contributed by atoms with Crippen LogP contribution < -0.4 is 0 Å². The van der Waals surface area contributed by atoms with Crippen LogP contribution in [0, 0.1) is 5.92 Å². The number of piperidine rings is 1. The summed E-state index contributed by atoms with van der Waals surface area (Å²) < 4.78 is 5.16. The van der Waals surface area contributed by atoms with Crippen molar-refractivity contribution in [1.82, 2.24) is 14.7 Å².